The molecule has 5 rings (SSSR count). The summed E-state index contributed by atoms with van der Waals surface area (Å²) >= 11 is 0. The number of aryl methyl sites for hydroxylation is 1. The van der Waals surface area contributed by atoms with Crippen LogP contribution in [-0.4, -0.2) is 27.6 Å². The number of aromatic nitrogens is 1. The highest BCUT2D eigenvalue weighted by Crippen LogP contribution is 2.52. The van der Waals surface area contributed by atoms with Gasteiger partial charge >= 0.3 is 0 Å². The Morgan fingerprint density at radius 2 is 1.75 bits per heavy atom. The predicted molar refractivity (Wildman–Crippen MR) is 90.1 cm³/mol. The number of nitrogens with zero attached hydrogens (tertiary/aromatic N) is 3. The van der Waals surface area contributed by atoms with Crippen LogP contribution in [0.25, 0.3) is 10.9 Å². The molecule has 3 aliphatic rings. The monoisotopic (exact) mass is 319 g/mol. The lowest BCUT2D eigenvalue weighted by Gasteiger charge is -2.13. The molecule has 1 saturated heterocycles. The summed E-state index contributed by atoms with van der Waals surface area (Å²) in [4.78, 5) is 25.3. The summed E-state index contributed by atoms with van der Waals surface area (Å²) in [6.07, 6.45) is 8.72. The Hall–Kier alpha value is -2.69. The molecule has 2 amide bonds. The zero-order valence-corrected chi connectivity index (χ0v) is 13.3. The van der Waals surface area contributed by atoms with Gasteiger partial charge in [-0.05, 0) is 24.3 Å². The van der Waals surface area contributed by atoms with Crippen molar-refractivity contribution >= 4 is 28.9 Å². The maximum atomic E-state index is 12.6. The zero-order chi connectivity index (χ0) is 16.4. The Balaban J connectivity index is 1.49. The van der Waals surface area contributed by atoms with E-state index in [2.05, 4.69) is 17.3 Å². The third kappa shape index (κ3) is 1.67. The van der Waals surface area contributed by atoms with E-state index in [0.717, 1.165) is 27.9 Å². The highest BCUT2D eigenvalue weighted by atomic mass is 16.2. The first-order chi connectivity index (χ1) is 11.6. The smallest absolute Gasteiger partial charge is 0.254 e. The maximum Gasteiger partial charge on any atom is 0.254 e. The van der Waals surface area contributed by atoms with Crippen molar-refractivity contribution in [3.05, 3.63) is 48.2 Å². The molecule has 5 nitrogen and oxygen atoms in total. The van der Waals surface area contributed by atoms with Gasteiger partial charge in [0.2, 0.25) is 0 Å². The van der Waals surface area contributed by atoms with Crippen molar-refractivity contribution < 1.29 is 9.59 Å². The van der Waals surface area contributed by atoms with Gasteiger partial charge in [0.15, 0.2) is 0 Å². The average Bonchev–Trinajstić information content (AvgIpc) is 3.32. The Bertz CT molecular complexity index is 909. The van der Waals surface area contributed by atoms with Crippen LogP contribution in [0.15, 0.2) is 47.7 Å². The number of benzene rings is 1. The number of rotatable bonds is 2. The van der Waals surface area contributed by atoms with Crippen molar-refractivity contribution in [3.63, 3.8) is 0 Å². The number of carbonyl (C=O) groups is 2. The Labute approximate surface area is 139 Å². The van der Waals surface area contributed by atoms with Gasteiger partial charge in [0.05, 0.1) is 18.1 Å². The van der Waals surface area contributed by atoms with Gasteiger partial charge in [-0.3, -0.25) is 9.59 Å². The molecule has 1 saturated carbocycles. The first kappa shape index (κ1) is 13.7. The SMILES string of the molecule is Cn1cc(/C=N/N2C(=O)C3C4C=CC(C4)C3C2=O)c2ccccc21. The number of hydrogen-bond donors (Lipinski definition) is 0. The summed E-state index contributed by atoms with van der Waals surface area (Å²) in [5, 5.41) is 6.43. The number of allylic oxidation sites excluding steroid dienone is 2. The molecule has 0 N–H and O–H groups in total. The summed E-state index contributed by atoms with van der Waals surface area (Å²) in [6.45, 7) is 0. The summed E-state index contributed by atoms with van der Waals surface area (Å²) in [7, 11) is 1.97. The Morgan fingerprint density at radius 1 is 1.08 bits per heavy atom. The Kier molecular flexibility index (Phi) is 2.66. The van der Waals surface area contributed by atoms with Crippen molar-refractivity contribution in [2.24, 2.45) is 35.8 Å². The second-order valence-corrected chi connectivity index (χ2v) is 6.95. The molecular weight excluding hydrogens is 302 g/mol. The van der Waals surface area contributed by atoms with Crippen LogP contribution < -0.4 is 0 Å². The minimum atomic E-state index is -0.197. The normalized spacial score (nSPS) is 31.1. The number of imide groups is 1. The lowest BCUT2D eigenvalue weighted by Crippen LogP contribution is -2.28. The molecule has 1 aliphatic heterocycles. The molecule has 1 aromatic heterocycles. The average molecular weight is 319 g/mol. The summed E-state index contributed by atoms with van der Waals surface area (Å²) in [6, 6.07) is 8.01. The summed E-state index contributed by atoms with van der Waals surface area (Å²) < 4.78 is 2.02. The van der Waals surface area contributed by atoms with Crippen molar-refractivity contribution in [2.45, 2.75) is 6.42 Å². The lowest BCUT2D eigenvalue weighted by molar-refractivity contribution is -0.140. The molecule has 2 bridgehead atoms. The molecule has 120 valence electrons. The number of para-hydroxylation sites is 1. The van der Waals surface area contributed by atoms with Crippen LogP contribution in [-0.2, 0) is 16.6 Å². The van der Waals surface area contributed by atoms with Crippen LogP contribution in [0.1, 0.15) is 12.0 Å². The summed E-state index contributed by atoms with van der Waals surface area (Å²) in [5.41, 5.74) is 2.00. The number of hydrazone groups is 1. The topological polar surface area (TPSA) is 54.7 Å². The van der Waals surface area contributed by atoms with Gasteiger partial charge in [-0.2, -0.15) is 10.1 Å². The van der Waals surface area contributed by atoms with Crippen molar-refractivity contribution in [2.75, 3.05) is 0 Å². The van der Waals surface area contributed by atoms with Crippen molar-refractivity contribution in [1.82, 2.24) is 9.58 Å². The van der Waals surface area contributed by atoms with E-state index in [1.54, 1.807) is 6.21 Å². The van der Waals surface area contributed by atoms with E-state index in [-0.39, 0.29) is 35.5 Å². The van der Waals surface area contributed by atoms with Crippen LogP contribution in [0.3, 0.4) is 0 Å². The molecule has 24 heavy (non-hydrogen) atoms. The number of hydrogen-bond acceptors (Lipinski definition) is 3. The molecule has 2 fully saturated rings. The van der Waals surface area contributed by atoms with Gasteiger partial charge < -0.3 is 4.57 Å². The van der Waals surface area contributed by atoms with Crippen molar-refractivity contribution in [1.29, 1.82) is 0 Å². The molecule has 2 aromatic rings. The second kappa shape index (κ2) is 4.66. The maximum absolute atomic E-state index is 12.6. The zero-order valence-electron chi connectivity index (χ0n) is 13.3. The highest BCUT2D eigenvalue weighted by molar-refractivity contribution is 6.07. The molecule has 2 aliphatic carbocycles. The van der Waals surface area contributed by atoms with Gasteiger partial charge in [-0.15, -0.1) is 0 Å². The largest absolute Gasteiger partial charge is 0.350 e. The lowest BCUT2D eigenvalue weighted by atomic mass is 9.85. The minimum Gasteiger partial charge on any atom is -0.350 e. The van der Waals surface area contributed by atoms with Crippen LogP contribution in [0.4, 0.5) is 0 Å². The van der Waals surface area contributed by atoms with E-state index in [4.69, 9.17) is 0 Å². The van der Waals surface area contributed by atoms with Crippen LogP contribution in [0, 0.1) is 23.7 Å². The van der Waals surface area contributed by atoms with Gasteiger partial charge in [-0.1, -0.05) is 30.4 Å². The fourth-order valence-corrected chi connectivity index (χ4v) is 4.60. The van der Waals surface area contributed by atoms with E-state index in [1.165, 1.54) is 0 Å². The van der Waals surface area contributed by atoms with Gasteiger partial charge in [0.1, 0.15) is 0 Å². The number of fused-ring (bicyclic) bond motifs is 6. The Morgan fingerprint density at radius 3 is 2.46 bits per heavy atom. The van der Waals surface area contributed by atoms with Crippen LogP contribution in [0.2, 0.25) is 0 Å². The van der Waals surface area contributed by atoms with E-state index in [9.17, 15) is 9.59 Å². The molecule has 4 unspecified atom stereocenters. The van der Waals surface area contributed by atoms with Crippen LogP contribution in [0.5, 0.6) is 0 Å². The third-order valence-electron chi connectivity index (χ3n) is 5.69. The molecule has 1 aromatic carbocycles. The molecule has 4 atom stereocenters. The fraction of sp³-hybridized carbons (Fsp3) is 0.316. The fourth-order valence-electron chi connectivity index (χ4n) is 4.60. The molecule has 0 radical (unpaired) electrons. The second-order valence-electron chi connectivity index (χ2n) is 6.95. The van der Waals surface area contributed by atoms with Crippen molar-refractivity contribution in [3.8, 4) is 0 Å². The van der Waals surface area contributed by atoms with Gasteiger partial charge in [-0.25, -0.2) is 0 Å². The minimum absolute atomic E-state index is 0.140. The van der Waals surface area contributed by atoms with E-state index in [1.807, 2.05) is 42.1 Å². The van der Waals surface area contributed by atoms with Gasteiger partial charge in [0.25, 0.3) is 11.8 Å². The number of amides is 2. The standard InChI is InChI=1S/C19H17N3O2/c1-21-10-13(14-4-2-3-5-15(14)21)9-20-22-18(23)16-11-6-7-12(8-11)17(16)19(22)24/h2-7,9-12,16-17H,8H2,1H3/b20-9+. The highest BCUT2D eigenvalue weighted by Gasteiger charge is 2.59. The predicted octanol–water partition coefficient (Wildman–Crippen LogP) is 2.32. The molecular formula is C19H17N3O2. The number of carbonyl (C=O) groups excluding carboxylic acids is 2. The molecule has 2 heterocycles. The quantitative estimate of drug-likeness (QED) is 0.484. The van der Waals surface area contributed by atoms with Gasteiger partial charge in [0, 0.05) is 29.7 Å². The molecule has 0 spiro atoms. The van der Waals surface area contributed by atoms with E-state index >= 15 is 0 Å². The first-order valence-corrected chi connectivity index (χ1v) is 8.29. The van der Waals surface area contributed by atoms with E-state index < -0.39 is 0 Å². The van der Waals surface area contributed by atoms with Crippen LogP contribution >= 0.6 is 0 Å². The van der Waals surface area contributed by atoms with E-state index in [0.29, 0.717) is 0 Å². The molecule has 5 heteroatoms. The first-order valence-electron chi connectivity index (χ1n) is 8.29. The summed E-state index contributed by atoms with van der Waals surface area (Å²) in [5.74, 6) is -0.241. The third-order valence-corrected chi connectivity index (χ3v) is 5.69.